The van der Waals surface area contributed by atoms with Gasteiger partial charge in [0.05, 0.1) is 36.9 Å². The zero-order valence-electron chi connectivity index (χ0n) is 17.4. The summed E-state index contributed by atoms with van der Waals surface area (Å²) in [4.78, 5) is 30.6. The molecule has 1 unspecified atom stereocenters. The average Bonchev–Trinajstić information content (AvgIpc) is 3.05. The molecule has 2 aromatic carbocycles. The molecule has 2 aromatic rings. The van der Waals surface area contributed by atoms with Crippen LogP contribution in [0.25, 0.3) is 5.57 Å². The standard InChI is InChI=1S/C24H24N2O4/c1-14-15-9-5-7-11-17(15)26-21(20(23(28)30-4)19(14)22(27)29-3)24(2)13-25-18-12-8-6-10-16(18)24/h5-13,20-21,26H,1-4H3/t20-,21+,24?/m0/s1. The van der Waals surface area contributed by atoms with E-state index < -0.39 is 29.3 Å². The van der Waals surface area contributed by atoms with Crippen LogP contribution in [0.5, 0.6) is 0 Å². The topological polar surface area (TPSA) is 77.0 Å². The minimum absolute atomic E-state index is 0.297. The van der Waals surface area contributed by atoms with Gasteiger partial charge in [-0.05, 0) is 37.1 Å². The molecule has 0 saturated carbocycles. The number of rotatable bonds is 3. The molecule has 0 fully saturated rings. The zero-order chi connectivity index (χ0) is 21.5. The first-order valence-corrected chi connectivity index (χ1v) is 9.80. The lowest BCUT2D eigenvalue weighted by atomic mass is 9.70. The normalized spacial score (nSPS) is 24.4. The van der Waals surface area contributed by atoms with E-state index in [-0.39, 0.29) is 0 Å². The van der Waals surface area contributed by atoms with E-state index in [1.54, 1.807) is 0 Å². The number of ether oxygens (including phenoxy) is 2. The maximum Gasteiger partial charge on any atom is 0.334 e. The van der Waals surface area contributed by atoms with Gasteiger partial charge in [0.2, 0.25) is 0 Å². The molecule has 0 spiro atoms. The molecule has 6 nitrogen and oxygen atoms in total. The quantitative estimate of drug-likeness (QED) is 0.786. The van der Waals surface area contributed by atoms with Crippen LogP contribution in [0, 0.1) is 5.92 Å². The summed E-state index contributed by atoms with van der Waals surface area (Å²) in [7, 11) is 2.66. The predicted octanol–water partition coefficient (Wildman–Crippen LogP) is 3.89. The molecule has 6 heteroatoms. The SMILES string of the molecule is COC(=O)C1=C(C)c2ccccc2N[C@@H](C2(C)C=Nc3ccccc32)[C@H]1C(=O)OC. The van der Waals surface area contributed by atoms with Crippen LogP contribution in [0.2, 0.25) is 0 Å². The predicted molar refractivity (Wildman–Crippen MR) is 116 cm³/mol. The summed E-state index contributed by atoms with van der Waals surface area (Å²) in [5.41, 5.74) is 3.85. The molecule has 154 valence electrons. The lowest BCUT2D eigenvalue weighted by molar-refractivity contribution is -0.148. The van der Waals surface area contributed by atoms with Crippen molar-refractivity contribution in [2.24, 2.45) is 10.9 Å². The molecule has 0 aromatic heterocycles. The Morgan fingerprint density at radius 3 is 2.47 bits per heavy atom. The van der Waals surface area contributed by atoms with Gasteiger partial charge in [-0.15, -0.1) is 0 Å². The van der Waals surface area contributed by atoms with Crippen LogP contribution in [0.15, 0.2) is 59.1 Å². The van der Waals surface area contributed by atoms with Crippen LogP contribution in [0.3, 0.4) is 0 Å². The van der Waals surface area contributed by atoms with Crippen LogP contribution in [0.1, 0.15) is 25.0 Å². The fourth-order valence-corrected chi connectivity index (χ4v) is 4.56. The zero-order valence-corrected chi connectivity index (χ0v) is 17.4. The van der Waals surface area contributed by atoms with Crippen LogP contribution < -0.4 is 5.32 Å². The van der Waals surface area contributed by atoms with E-state index in [9.17, 15) is 9.59 Å². The van der Waals surface area contributed by atoms with Crippen molar-refractivity contribution in [2.75, 3.05) is 19.5 Å². The first kappa shape index (κ1) is 19.9. The Morgan fingerprint density at radius 1 is 1.03 bits per heavy atom. The molecule has 2 aliphatic heterocycles. The highest BCUT2D eigenvalue weighted by Gasteiger charge is 2.50. The maximum absolute atomic E-state index is 13.1. The molecular weight excluding hydrogens is 380 g/mol. The average molecular weight is 404 g/mol. The van der Waals surface area contributed by atoms with E-state index in [0.29, 0.717) is 11.1 Å². The summed E-state index contributed by atoms with van der Waals surface area (Å²) in [5.74, 6) is -1.94. The molecule has 3 atom stereocenters. The molecule has 0 saturated heterocycles. The van der Waals surface area contributed by atoms with Crippen molar-refractivity contribution in [3.05, 3.63) is 65.2 Å². The summed E-state index contributed by atoms with van der Waals surface area (Å²) in [5, 5.41) is 3.55. The van der Waals surface area contributed by atoms with E-state index in [1.807, 2.05) is 68.6 Å². The number of anilines is 1. The van der Waals surface area contributed by atoms with Gasteiger partial charge >= 0.3 is 11.9 Å². The van der Waals surface area contributed by atoms with E-state index in [2.05, 4.69) is 10.3 Å². The molecule has 0 aliphatic carbocycles. The Labute approximate surface area is 175 Å². The van der Waals surface area contributed by atoms with Crippen molar-refractivity contribution in [1.82, 2.24) is 0 Å². The Hall–Kier alpha value is -3.41. The van der Waals surface area contributed by atoms with Crippen molar-refractivity contribution in [1.29, 1.82) is 0 Å². The maximum atomic E-state index is 13.1. The van der Waals surface area contributed by atoms with Gasteiger partial charge in [0.1, 0.15) is 5.92 Å². The third kappa shape index (κ3) is 2.91. The molecule has 2 aliphatic rings. The van der Waals surface area contributed by atoms with Crippen LogP contribution in [-0.4, -0.2) is 38.4 Å². The number of aliphatic imine (C=N–C) groups is 1. The van der Waals surface area contributed by atoms with E-state index in [0.717, 1.165) is 22.5 Å². The highest BCUT2D eigenvalue weighted by Crippen LogP contribution is 2.46. The van der Waals surface area contributed by atoms with Crippen molar-refractivity contribution in [2.45, 2.75) is 25.3 Å². The number of nitrogens with one attached hydrogen (secondary N) is 1. The monoisotopic (exact) mass is 404 g/mol. The lowest BCUT2D eigenvalue weighted by Gasteiger charge is -2.38. The van der Waals surface area contributed by atoms with Crippen molar-refractivity contribution in [3.8, 4) is 0 Å². The number of carbonyl (C=O) groups excluding carboxylic acids is 2. The second-order valence-corrected chi connectivity index (χ2v) is 7.76. The first-order chi connectivity index (χ1) is 14.4. The molecule has 1 N–H and O–H groups in total. The molecule has 30 heavy (non-hydrogen) atoms. The minimum atomic E-state index is -0.891. The number of esters is 2. The molecule has 0 radical (unpaired) electrons. The summed E-state index contributed by atoms with van der Waals surface area (Å²) in [6, 6.07) is 15.0. The van der Waals surface area contributed by atoms with Gasteiger partial charge < -0.3 is 14.8 Å². The minimum Gasteiger partial charge on any atom is -0.468 e. The van der Waals surface area contributed by atoms with Gasteiger partial charge in [-0.2, -0.15) is 0 Å². The summed E-state index contributed by atoms with van der Waals surface area (Å²) < 4.78 is 10.3. The number of fused-ring (bicyclic) bond motifs is 2. The number of methoxy groups -OCH3 is 2. The van der Waals surface area contributed by atoms with E-state index in [4.69, 9.17) is 9.47 Å². The number of hydrogen-bond donors (Lipinski definition) is 1. The fourth-order valence-electron chi connectivity index (χ4n) is 4.56. The van der Waals surface area contributed by atoms with Gasteiger partial charge in [-0.1, -0.05) is 36.4 Å². The van der Waals surface area contributed by atoms with E-state index in [1.165, 1.54) is 14.2 Å². The molecule has 4 rings (SSSR count). The Kier molecular flexibility index (Phi) is 4.94. The van der Waals surface area contributed by atoms with Gasteiger partial charge in [-0.25, -0.2) is 4.79 Å². The Balaban J connectivity index is 1.99. The number of hydrogen-bond acceptors (Lipinski definition) is 6. The van der Waals surface area contributed by atoms with Crippen LogP contribution in [-0.2, 0) is 24.5 Å². The highest BCUT2D eigenvalue weighted by atomic mass is 16.5. The number of carbonyl (C=O) groups is 2. The fraction of sp³-hybridized carbons (Fsp3) is 0.292. The van der Waals surface area contributed by atoms with Crippen molar-refractivity contribution >= 4 is 35.1 Å². The van der Waals surface area contributed by atoms with Crippen LogP contribution in [0.4, 0.5) is 11.4 Å². The van der Waals surface area contributed by atoms with Gasteiger partial charge in [0.15, 0.2) is 0 Å². The smallest absolute Gasteiger partial charge is 0.334 e. The van der Waals surface area contributed by atoms with Gasteiger partial charge in [-0.3, -0.25) is 9.79 Å². The second-order valence-electron chi connectivity index (χ2n) is 7.76. The van der Waals surface area contributed by atoms with Crippen molar-refractivity contribution < 1.29 is 19.1 Å². The molecule has 0 amide bonds. The molecular formula is C24H24N2O4. The third-order valence-electron chi connectivity index (χ3n) is 6.15. The van der Waals surface area contributed by atoms with Gasteiger partial charge in [0, 0.05) is 17.5 Å². The molecule has 0 bridgehead atoms. The van der Waals surface area contributed by atoms with Crippen LogP contribution >= 0.6 is 0 Å². The van der Waals surface area contributed by atoms with E-state index >= 15 is 0 Å². The molecule has 2 heterocycles. The number of para-hydroxylation sites is 2. The largest absolute Gasteiger partial charge is 0.468 e. The van der Waals surface area contributed by atoms with Gasteiger partial charge in [0.25, 0.3) is 0 Å². The summed E-state index contributed by atoms with van der Waals surface area (Å²) >= 11 is 0. The lowest BCUT2D eigenvalue weighted by Crippen LogP contribution is -2.51. The Morgan fingerprint density at radius 2 is 1.73 bits per heavy atom. The Bertz CT molecular complexity index is 1090. The summed E-state index contributed by atoms with van der Waals surface area (Å²) in [6.07, 6.45) is 1.85. The highest BCUT2D eigenvalue weighted by molar-refractivity contribution is 6.05. The van der Waals surface area contributed by atoms with Crippen molar-refractivity contribution in [3.63, 3.8) is 0 Å². The first-order valence-electron chi connectivity index (χ1n) is 9.80. The second kappa shape index (κ2) is 7.44. The number of nitrogens with zero attached hydrogens (tertiary/aromatic N) is 1. The summed E-state index contributed by atoms with van der Waals surface area (Å²) in [6.45, 7) is 3.86. The number of allylic oxidation sites excluding steroid dienone is 1. The third-order valence-corrected chi connectivity index (χ3v) is 6.15. The number of benzene rings is 2.